The molecule has 39 heteroatoms. The quantitative estimate of drug-likeness (QED) is 0.0504. The van der Waals surface area contributed by atoms with E-state index in [0.29, 0.717) is 11.0 Å². The van der Waals surface area contributed by atoms with Gasteiger partial charge in [-0.1, -0.05) is 96.9 Å². The number of carboxylic acids is 1. The van der Waals surface area contributed by atoms with Crippen molar-refractivity contribution in [3.8, 4) is 0 Å². The van der Waals surface area contributed by atoms with Crippen LogP contribution >= 0.6 is 0 Å². The number of rotatable bonds is 28. The van der Waals surface area contributed by atoms with E-state index in [2.05, 4.69) is 58.2 Å². The van der Waals surface area contributed by atoms with Crippen LogP contribution in [-0.4, -0.2) is 321 Å². The lowest BCUT2D eigenvalue weighted by molar-refractivity contribution is -0.157. The third-order valence-electron chi connectivity index (χ3n) is 21.5. The van der Waals surface area contributed by atoms with Crippen LogP contribution in [0.1, 0.15) is 187 Å². The third-order valence-corrected chi connectivity index (χ3v) is 21.5. The lowest BCUT2D eigenvalue weighted by Crippen LogP contribution is -2.63. The summed E-state index contributed by atoms with van der Waals surface area (Å²) in [5.74, 6) is -17.4. The summed E-state index contributed by atoms with van der Waals surface area (Å²) in [6.45, 7) is 30.6. The van der Waals surface area contributed by atoms with Crippen molar-refractivity contribution in [3.63, 3.8) is 0 Å². The molecule has 3 rings (SSSR count). The van der Waals surface area contributed by atoms with E-state index in [1.165, 1.54) is 129 Å². The Hall–Kier alpha value is -10.9. The number of carboxylic acid groups (broad SMARTS) is 1. The molecule has 16 atom stereocenters. The largest absolute Gasteiger partial charge is 0.480 e. The number of aliphatic carboxylic acids is 1. The smallest absolute Gasteiger partial charge is 0.322 e. The number of H-pyrrole nitrogens is 1. The molecule has 0 aliphatic carbocycles. The number of benzene rings is 1. The van der Waals surface area contributed by atoms with Crippen molar-refractivity contribution in [2.75, 3.05) is 69.0 Å². The molecule has 1 aliphatic rings. The van der Waals surface area contributed by atoms with Crippen molar-refractivity contribution >= 4 is 117 Å². The average molecular weight is 1720 g/mol. The van der Waals surface area contributed by atoms with Crippen molar-refractivity contribution in [2.45, 2.75) is 268 Å². The number of hydrogen-bond donors (Lipinski definition) is 13. The lowest BCUT2D eigenvalue weighted by Gasteiger charge is -2.41. The van der Waals surface area contributed by atoms with Crippen LogP contribution in [0.15, 0.2) is 18.2 Å². The Kier molecular flexibility index (Phi) is 41.0. The highest BCUT2D eigenvalue weighted by atomic mass is 16.4. The molecule has 1 aromatic heterocycles. The van der Waals surface area contributed by atoms with E-state index in [0.717, 1.165) is 14.7 Å². The molecule has 2 aromatic rings. The number of likely N-dealkylation sites (N-methyl/N-ethyl adjacent to an activating group) is 7. The fraction of sp³-hybridized carbons (Fsp3) is 0.699. The minimum absolute atomic E-state index is 0.0417. The number of carbonyl (C=O) groups excluding carboxylic acids is 17. The molecule has 1 fully saturated rings. The number of amides is 17. The maximum Gasteiger partial charge on any atom is 0.322 e. The third kappa shape index (κ3) is 30.0. The van der Waals surface area contributed by atoms with Gasteiger partial charge in [-0.2, -0.15) is 0 Å². The summed E-state index contributed by atoms with van der Waals surface area (Å²) >= 11 is 0. The Bertz CT molecular complexity index is 4070. The molecule has 16 unspecified atom stereocenters. The summed E-state index contributed by atoms with van der Waals surface area (Å²) < 4.78 is 0. The number of nitrogens with one attached hydrogen (secondary N) is 11. The summed E-state index contributed by atoms with van der Waals surface area (Å²) in [7, 11) is 9.52. The van der Waals surface area contributed by atoms with Crippen molar-refractivity contribution in [1.29, 1.82) is 0 Å². The predicted molar refractivity (Wildman–Crippen MR) is 452 cm³/mol. The molecule has 122 heavy (non-hydrogen) atoms. The summed E-state index contributed by atoms with van der Waals surface area (Å²) in [6.07, 6.45) is -1.75. The van der Waals surface area contributed by atoms with E-state index in [9.17, 15) is 72.2 Å². The Balaban J connectivity index is 2.17. The highest BCUT2D eigenvalue weighted by Gasteiger charge is 2.47. The van der Waals surface area contributed by atoms with Gasteiger partial charge in [-0.05, 0) is 133 Å². The zero-order chi connectivity index (χ0) is 93.4. The molecule has 0 spiro atoms. The van der Waals surface area contributed by atoms with Crippen LogP contribution in [0.4, 0.5) is 0 Å². The van der Waals surface area contributed by atoms with Gasteiger partial charge in [-0.3, -0.25) is 86.3 Å². The molecule has 684 valence electrons. The Morgan fingerprint density at radius 2 is 0.910 bits per heavy atom. The Labute approximate surface area is 716 Å². The van der Waals surface area contributed by atoms with Crippen molar-refractivity contribution in [3.05, 3.63) is 29.6 Å². The zero-order valence-corrected chi connectivity index (χ0v) is 76.1. The van der Waals surface area contributed by atoms with Gasteiger partial charge < -0.3 is 103 Å². The molecular weight excluding hydrogens is 1580 g/mol. The van der Waals surface area contributed by atoms with Crippen molar-refractivity contribution in [1.82, 2.24) is 97.4 Å². The van der Waals surface area contributed by atoms with Crippen LogP contribution in [0.25, 0.3) is 11.0 Å². The van der Waals surface area contributed by atoms with Gasteiger partial charge >= 0.3 is 5.97 Å². The summed E-state index contributed by atoms with van der Waals surface area (Å²) in [6, 6.07) is -14.0. The molecule has 17 amide bonds. The first-order valence-electron chi connectivity index (χ1n) is 41.7. The molecule has 0 saturated carbocycles. The number of aromatic amines is 1. The molecule has 2 heterocycles. The topological polar surface area (TPSA) is 519 Å². The Morgan fingerprint density at radius 1 is 0.467 bits per heavy atom. The maximum absolute atomic E-state index is 15.7. The first-order chi connectivity index (χ1) is 56.5. The van der Waals surface area contributed by atoms with E-state index < -0.39 is 234 Å². The van der Waals surface area contributed by atoms with Gasteiger partial charge in [0.25, 0.3) is 5.91 Å². The minimum Gasteiger partial charge on any atom is -0.480 e. The van der Waals surface area contributed by atoms with Crippen LogP contribution in [0.2, 0.25) is 0 Å². The van der Waals surface area contributed by atoms with E-state index in [1.807, 2.05) is 55.4 Å². The summed E-state index contributed by atoms with van der Waals surface area (Å²) in [5, 5.41) is 46.6. The van der Waals surface area contributed by atoms with Crippen LogP contribution in [0.5, 0.6) is 0 Å². The van der Waals surface area contributed by atoms with Gasteiger partial charge in [0, 0.05) is 61.3 Å². The molecule has 1 aliphatic heterocycles. The molecule has 0 radical (unpaired) electrons. The molecule has 13 N–H and O–H groups in total. The molecule has 1 saturated heterocycles. The van der Waals surface area contributed by atoms with E-state index in [-0.39, 0.29) is 73.6 Å². The van der Waals surface area contributed by atoms with Crippen LogP contribution < -0.4 is 53.2 Å². The van der Waals surface area contributed by atoms with Gasteiger partial charge in [-0.25, -0.2) is 4.98 Å². The van der Waals surface area contributed by atoms with Crippen LogP contribution in [0, 0.1) is 41.4 Å². The second-order valence-electron chi connectivity index (χ2n) is 34.7. The highest BCUT2D eigenvalue weighted by Crippen LogP contribution is 2.27. The van der Waals surface area contributed by atoms with Crippen molar-refractivity contribution in [2.24, 2.45) is 41.4 Å². The summed E-state index contributed by atoms with van der Waals surface area (Å²) in [4.78, 5) is 268. The van der Waals surface area contributed by atoms with Gasteiger partial charge in [0.2, 0.25) is 94.5 Å². The SMILES string of the molecule is CCC1NC(=O)C(C(O)C(C)Cc2nc3ccc(C(=O)NC(C)C(=O)NC(C)C(=O)NC(C)C(=O)NCC(=O)NC(C)C(=O)NCC(=O)O)cc3[nH]2)N(C)C(=O)C(C(C)C)N(C)C(=O)C(CC(C)C)N(C)C(=O)C(CC(C)C)N(C)C(=O)C(C)NC(=O)C(C)NC(=O)C(CC(C)C)N(C)C(=O)C(C(C)C)NC(=O)C(CC(C)C)N(C)C(=O)CN(C)C1=O. The molecule has 39 nitrogen and oxygen atoms in total. The van der Waals surface area contributed by atoms with Crippen molar-refractivity contribution < 1.29 is 96.5 Å². The Morgan fingerprint density at radius 3 is 1.41 bits per heavy atom. The normalized spacial score (nSPS) is 23.0. The number of hydrogen-bond acceptors (Lipinski definition) is 20. The van der Waals surface area contributed by atoms with Crippen LogP contribution in [-0.2, 0) is 87.9 Å². The number of imidazole rings is 1. The average Bonchev–Trinajstić information content (AvgIpc) is 1.00. The van der Waals surface area contributed by atoms with Gasteiger partial charge in [0.15, 0.2) is 0 Å². The number of carbonyl (C=O) groups is 18. The standard InChI is InChI=1S/C83H137N19O20/c1-28-54-79(118)96(21)39-63(104)97(22)57(31-40(2)3)76(115)95-65(44(10)11)82(121)98(23)58(32-41(4)5)75(114)90-51(19)73(112)91-52(20)78(117)99(24)59(33-42(6)7)80(119)100(25)60(34-43(8)9)81(120)101(26)66(45(12)13)83(122)102(27)67(77(116)94-54)68(107)46(14)35-61-92-55-30-29-53(36-56(55)93-61)74(113)89-50(18)72(111)88-49(17)71(110)87-48(16)70(109)84-37-62(103)86-47(15)69(108)85-38-64(105)106/h29-30,36,40-52,54,57-60,65-68,107H,28,31-35,37-39H2,1-27H3,(H,84,109)(H,85,108)(H,86,103)(H,87,110)(H,88,111)(H,89,113)(H,90,114)(H,91,112)(H,92,93)(H,94,116)(H,95,115)(H,105,106). The number of aliphatic hydroxyl groups excluding tert-OH is 1. The number of fused-ring (bicyclic) bond motifs is 1. The van der Waals surface area contributed by atoms with Gasteiger partial charge in [0.05, 0.1) is 30.2 Å². The number of aliphatic hydroxyl groups is 1. The molecule has 0 bridgehead atoms. The van der Waals surface area contributed by atoms with E-state index in [4.69, 9.17) is 10.1 Å². The second-order valence-corrected chi connectivity index (χ2v) is 34.7. The predicted octanol–water partition coefficient (Wildman–Crippen LogP) is -0.629. The maximum atomic E-state index is 15.7. The fourth-order valence-electron chi connectivity index (χ4n) is 14.1. The minimum atomic E-state index is -1.88. The monoisotopic (exact) mass is 1720 g/mol. The van der Waals surface area contributed by atoms with E-state index >= 15 is 19.2 Å². The zero-order valence-electron chi connectivity index (χ0n) is 76.1. The van der Waals surface area contributed by atoms with Gasteiger partial charge in [0.1, 0.15) is 97.0 Å². The van der Waals surface area contributed by atoms with Crippen LogP contribution in [0.3, 0.4) is 0 Å². The number of aromatic nitrogens is 2. The van der Waals surface area contributed by atoms with Gasteiger partial charge in [-0.15, -0.1) is 0 Å². The molecule has 1 aromatic carbocycles. The summed E-state index contributed by atoms with van der Waals surface area (Å²) in [5.41, 5.74) is 0.676. The molecular formula is C83H137N19O20. The second kappa shape index (κ2) is 47.5. The lowest BCUT2D eigenvalue weighted by atomic mass is 9.91. The van der Waals surface area contributed by atoms with E-state index in [1.54, 1.807) is 41.5 Å². The highest BCUT2D eigenvalue weighted by molar-refractivity contribution is 6.03. The number of nitrogens with zero attached hydrogens (tertiary/aromatic N) is 8. The fourth-order valence-corrected chi connectivity index (χ4v) is 14.1. The first-order valence-corrected chi connectivity index (χ1v) is 41.7. The first kappa shape index (κ1) is 105.